The Morgan fingerprint density at radius 2 is 1.73 bits per heavy atom. The molecule has 0 spiro atoms. The maximum Gasteiger partial charge on any atom is 0.250 e. The molecule has 0 aliphatic heterocycles. The second-order valence-electron chi connectivity index (χ2n) is 2.97. The van der Waals surface area contributed by atoms with E-state index in [9.17, 15) is 5.11 Å². The lowest BCUT2D eigenvalue weighted by atomic mass is 10.1. The van der Waals surface area contributed by atoms with Crippen LogP contribution in [0, 0.1) is 0 Å². The van der Waals surface area contributed by atoms with Crippen LogP contribution in [0.25, 0.3) is 0 Å². The quantitative estimate of drug-likeness (QED) is 0.709. The Balaban J connectivity index is 3.13. The summed E-state index contributed by atoms with van der Waals surface area (Å²) in [7, 11) is 4.35. The molecule has 1 aromatic carbocycles. The average molecular weight is 213 g/mol. The van der Waals surface area contributed by atoms with Crippen LogP contribution in [0.3, 0.4) is 0 Å². The molecule has 0 saturated heterocycles. The summed E-state index contributed by atoms with van der Waals surface area (Å²) in [5.41, 5.74) is 5.88. The number of ether oxygens (including phenoxy) is 3. The van der Waals surface area contributed by atoms with Crippen molar-refractivity contribution < 1.29 is 19.3 Å². The molecule has 0 bridgehead atoms. The van der Waals surface area contributed by atoms with Gasteiger partial charge in [0, 0.05) is 12.7 Å². The standard InChI is InChI=1S/C10H15NO4/c1-13-8-5-4-7(6-9(8)14-2)10(11,12)15-3/h4-6,12H,11H2,1-3H3. The Hall–Kier alpha value is -1.30. The number of hydrogen-bond donors (Lipinski definition) is 2. The van der Waals surface area contributed by atoms with Crippen LogP contribution in [-0.4, -0.2) is 26.4 Å². The van der Waals surface area contributed by atoms with E-state index in [0.717, 1.165) is 0 Å². The van der Waals surface area contributed by atoms with E-state index < -0.39 is 5.91 Å². The molecule has 0 aromatic heterocycles. The van der Waals surface area contributed by atoms with Gasteiger partial charge in [0.2, 0.25) is 0 Å². The average Bonchev–Trinajstić information content (AvgIpc) is 2.28. The lowest BCUT2D eigenvalue weighted by molar-refractivity contribution is -0.189. The van der Waals surface area contributed by atoms with Gasteiger partial charge in [-0.25, -0.2) is 0 Å². The van der Waals surface area contributed by atoms with E-state index in [2.05, 4.69) is 0 Å². The summed E-state index contributed by atoms with van der Waals surface area (Å²) >= 11 is 0. The van der Waals surface area contributed by atoms with E-state index in [-0.39, 0.29) is 0 Å². The van der Waals surface area contributed by atoms with Gasteiger partial charge in [0.05, 0.1) is 14.2 Å². The van der Waals surface area contributed by atoms with E-state index in [1.807, 2.05) is 0 Å². The predicted molar refractivity (Wildman–Crippen MR) is 54.6 cm³/mol. The van der Waals surface area contributed by atoms with Crippen LogP contribution >= 0.6 is 0 Å². The Bertz CT molecular complexity index is 338. The van der Waals surface area contributed by atoms with Crippen LogP contribution in [0.2, 0.25) is 0 Å². The van der Waals surface area contributed by atoms with Gasteiger partial charge >= 0.3 is 0 Å². The Kier molecular flexibility index (Phi) is 3.52. The fourth-order valence-corrected chi connectivity index (χ4v) is 1.18. The second kappa shape index (κ2) is 4.48. The molecule has 5 nitrogen and oxygen atoms in total. The lowest BCUT2D eigenvalue weighted by Gasteiger charge is -2.22. The number of methoxy groups -OCH3 is 3. The van der Waals surface area contributed by atoms with Gasteiger partial charge in [0.1, 0.15) is 0 Å². The van der Waals surface area contributed by atoms with Gasteiger partial charge < -0.3 is 19.3 Å². The Labute approximate surface area is 88.4 Å². The lowest BCUT2D eigenvalue weighted by Crippen LogP contribution is -2.38. The molecule has 0 heterocycles. The molecule has 15 heavy (non-hydrogen) atoms. The molecular weight excluding hydrogens is 198 g/mol. The molecule has 1 atom stereocenters. The highest BCUT2D eigenvalue weighted by Gasteiger charge is 2.24. The van der Waals surface area contributed by atoms with E-state index in [4.69, 9.17) is 19.9 Å². The van der Waals surface area contributed by atoms with E-state index in [1.165, 1.54) is 21.3 Å². The highest BCUT2D eigenvalue weighted by Crippen LogP contribution is 2.30. The van der Waals surface area contributed by atoms with Crippen LogP contribution in [0.1, 0.15) is 5.56 Å². The molecule has 3 N–H and O–H groups in total. The predicted octanol–water partition coefficient (Wildman–Crippen LogP) is 0.411. The first-order valence-corrected chi connectivity index (χ1v) is 4.34. The minimum atomic E-state index is -1.82. The summed E-state index contributed by atoms with van der Waals surface area (Å²) in [5, 5.41) is 9.64. The Morgan fingerprint density at radius 3 is 2.20 bits per heavy atom. The van der Waals surface area contributed by atoms with Crippen LogP contribution in [0.4, 0.5) is 0 Å². The summed E-state index contributed by atoms with van der Waals surface area (Å²) in [6, 6.07) is 4.80. The molecule has 0 aliphatic rings. The summed E-state index contributed by atoms with van der Waals surface area (Å²) in [6.07, 6.45) is 0. The highest BCUT2D eigenvalue weighted by atomic mass is 16.6. The molecule has 1 unspecified atom stereocenters. The maximum absolute atomic E-state index is 9.64. The molecule has 84 valence electrons. The van der Waals surface area contributed by atoms with Crippen LogP contribution < -0.4 is 15.2 Å². The smallest absolute Gasteiger partial charge is 0.250 e. The third-order valence-electron chi connectivity index (χ3n) is 2.11. The van der Waals surface area contributed by atoms with Gasteiger partial charge in [-0.2, -0.15) is 0 Å². The zero-order chi connectivity index (χ0) is 11.5. The van der Waals surface area contributed by atoms with Crippen LogP contribution in [-0.2, 0) is 10.6 Å². The normalized spacial score (nSPS) is 14.5. The van der Waals surface area contributed by atoms with Crippen molar-refractivity contribution in [2.45, 2.75) is 5.91 Å². The fourth-order valence-electron chi connectivity index (χ4n) is 1.18. The molecule has 0 fully saturated rings. The largest absolute Gasteiger partial charge is 0.493 e. The van der Waals surface area contributed by atoms with Crippen molar-refractivity contribution in [3.8, 4) is 11.5 Å². The molecule has 0 amide bonds. The number of aliphatic hydroxyl groups is 1. The molecule has 0 aliphatic carbocycles. The zero-order valence-electron chi connectivity index (χ0n) is 8.98. The first-order valence-electron chi connectivity index (χ1n) is 4.34. The molecular formula is C10H15NO4. The summed E-state index contributed by atoms with van der Waals surface area (Å²) < 4.78 is 14.9. The van der Waals surface area contributed by atoms with E-state index in [0.29, 0.717) is 17.1 Å². The third-order valence-corrected chi connectivity index (χ3v) is 2.11. The molecule has 5 heteroatoms. The van der Waals surface area contributed by atoms with Crippen LogP contribution in [0.15, 0.2) is 18.2 Å². The fraction of sp³-hybridized carbons (Fsp3) is 0.400. The topological polar surface area (TPSA) is 73.9 Å². The van der Waals surface area contributed by atoms with Crippen LogP contribution in [0.5, 0.6) is 11.5 Å². The minimum absolute atomic E-state index is 0.391. The monoisotopic (exact) mass is 213 g/mol. The highest BCUT2D eigenvalue weighted by molar-refractivity contribution is 5.43. The van der Waals surface area contributed by atoms with Crippen molar-refractivity contribution in [3.05, 3.63) is 23.8 Å². The van der Waals surface area contributed by atoms with Crippen molar-refractivity contribution >= 4 is 0 Å². The van der Waals surface area contributed by atoms with Crippen molar-refractivity contribution in [2.24, 2.45) is 5.73 Å². The van der Waals surface area contributed by atoms with Crippen molar-refractivity contribution in [2.75, 3.05) is 21.3 Å². The number of nitrogens with two attached hydrogens (primary N) is 1. The second-order valence-corrected chi connectivity index (χ2v) is 2.97. The summed E-state index contributed by atoms with van der Waals surface area (Å²) in [4.78, 5) is 0. The minimum Gasteiger partial charge on any atom is -0.493 e. The Morgan fingerprint density at radius 1 is 1.13 bits per heavy atom. The van der Waals surface area contributed by atoms with Gasteiger partial charge in [-0.15, -0.1) is 0 Å². The number of benzene rings is 1. The zero-order valence-corrected chi connectivity index (χ0v) is 8.98. The first kappa shape index (κ1) is 11.8. The molecule has 1 rings (SSSR count). The summed E-state index contributed by atoms with van der Waals surface area (Å²) in [5.74, 6) is -0.774. The van der Waals surface area contributed by atoms with E-state index >= 15 is 0 Å². The summed E-state index contributed by atoms with van der Waals surface area (Å²) in [6.45, 7) is 0. The number of hydrogen-bond acceptors (Lipinski definition) is 5. The third kappa shape index (κ3) is 2.38. The molecule has 0 radical (unpaired) electrons. The van der Waals surface area contributed by atoms with Crippen molar-refractivity contribution in [1.82, 2.24) is 0 Å². The maximum atomic E-state index is 9.64. The number of rotatable bonds is 4. The molecule has 0 saturated carbocycles. The molecule has 1 aromatic rings. The first-order chi connectivity index (χ1) is 7.05. The van der Waals surface area contributed by atoms with Gasteiger partial charge in [-0.3, -0.25) is 5.73 Å². The van der Waals surface area contributed by atoms with Gasteiger partial charge in [-0.05, 0) is 18.2 Å². The van der Waals surface area contributed by atoms with Crippen molar-refractivity contribution in [1.29, 1.82) is 0 Å². The van der Waals surface area contributed by atoms with E-state index in [1.54, 1.807) is 18.2 Å². The SMILES string of the molecule is COc1ccc(C(N)(O)OC)cc1OC. The van der Waals surface area contributed by atoms with Gasteiger partial charge in [-0.1, -0.05) is 0 Å². The van der Waals surface area contributed by atoms with Crippen molar-refractivity contribution in [3.63, 3.8) is 0 Å². The van der Waals surface area contributed by atoms with Gasteiger partial charge in [0.25, 0.3) is 5.91 Å². The van der Waals surface area contributed by atoms with Gasteiger partial charge in [0.15, 0.2) is 11.5 Å².